The molecule has 3 heterocycles. The van der Waals surface area contributed by atoms with Crippen LogP contribution in [-0.4, -0.2) is 36.1 Å². The molecule has 5 nitrogen and oxygen atoms in total. The molecule has 0 radical (unpaired) electrons. The van der Waals surface area contributed by atoms with Gasteiger partial charge in [-0.25, -0.2) is 0 Å². The summed E-state index contributed by atoms with van der Waals surface area (Å²) >= 11 is 10.2. The summed E-state index contributed by atoms with van der Waals surface area (Å²) in [5, 5.41) is 3.89. The number of anilines is 2. The average molecular weight is 526 g/mol. The van der Waals surface area contributed by atoms with Gasteiger partial charge in [-0.15, -0.1) is 11.6 Å². The molecule has 0 amide bonds. The number of rotatable bonds is 4. The van der Waals surface area contributed by atoms with Gasteiger partial charge in [0.15, 0.2) is 0 Å². The van der Waals surface area contributed by atoms with Crippen LogP contribution in [0.1, 0.15) is 37.4 Å². The monoisotopic (exact) mass is 525 g/mol. The number of benzene rings is 2. The van der Waals surface area contributed by atoms with Crippen molar-refractivity contribution in [3.63, 3.8) is 0 Å². The minimum atomic E-state index is -0.0786. The molecule has 3 atom stereocenters. The van der Waals surface area contributed by atoms with E-state index in [0.717, 1.165) is 37.3 Å². The topological polar surface area (TPSA) is 57.4 Å². The van der Waals surface area contributed by atoms with Gasteiger partial charge < -0.3 is 19.9 Å². The van der Waals surface area contributed by atoms with Crippen LogP contribution in [0.15, 0.2) is 79.1 Å². The molecular weight excluding hydrogens is 498 g/mol. The molecule has 1 aromatic heterocycles. The number of fused-ring (bicyclic) bond motifs is 2. The summed E-state index contributed by atoms with van der Waals surface area (Å²) in [6.45, 7) is 2.13. The molecule has 2 aliphatic heterocycles. The minimum Gasteiger partial charge on any atom is -0.381 e. The summed E-state index contributed by atoms with van der Waals surface area (Å²) in [5.74, 6) is 0. The largest absolute Gasteiger partial charge is 0.381 e. The molecule has 1 saturated heterocycles. The second kappa shape index (κ2) is 10.1. The smallest absolute Gasteiger partial charge is 0.249 e. The standard InChI is InChI=1S/C27H28ClN3O2S2/c28-20-5-1-2-6-21(20)30-17-8-9-23-25(14-17)34-24-7-3-4-19(27(24)35-23)22-16-31(12-13-33-22)18-10-11-29-26(32)15-18/h3-4,7-11,14-15,20-22,30H,1-2,5-6,12-13,16H2,(H,29,32). The lowest BCUT2D eigenvalue weighted by Gasteiger charge is -2.36. The summed E-state index contributed by atoms with van der Waals surface area (Å²) in [6.07, 6.45) is 6.37. The van der Waals surface area contributed by atoms with Gasteiger partial charge in [-0.2, -0.15) is 0 Å². The molecule has 1 aliphatic carbocycles. The summed E-state index contributed by atoms with van der Waals surface area (Å²) in [7, 11) is 0. The Morgan fingerprint density at radius 2 is 1.94 bits per heavy atom. The van der Waals surface area contributed by atoms with Crippen LogP contribution in [-0.2, 0) is 4.74 Å². The number of aromatic amines is 1. The van der Waals surface area contributed by atoms with Crippen molar-refractivity contribution in [2.45, 2.75) is 62.8 Å². The maximum absolute atomic E-state index is 11.8. The first kappa shape index (κ1) is 23.3. The molecule has 182 valence electrons. The average Bonchev–Trinajstić information content (AvgIpc) is 2.88. The number of H-pyrrole nitrogens is 1. The summed E-state index contributed by atoms with van der Waals surface area (Å²) in [6, 6.07) is 17.2. The highest BCUT2D eigenvalue weighted by molar-refractivity contribution is 8.05. The van der Waals surface area contributed by atoms with Crippen LogP contribution < -0.4 is 15.8 Å². The number of halogens is 1. The van der Waals surface area contributed by atoms with Crippen LogP contribution >= 0.6 is 35.1 Å². The molecule has 0 bridgehead atoms. The predicted molar refractivity (Wildman–Crippen MR) is 145 cm³/mol. The molecule has 6 rings (SSSR count). The van der Waals surface area contributed by atoms with E-state index < -0.39 is 0 Å². The highest BCUT2D eigenvalue weighted by Gasteiger charge is 2.29. The quantitative estimate of drug-likeness (QED) is 0.295. The molecule has 1 saturated carbocycles. The molecule has 35 heavy (non-hydrogen) atoms. The summed E-state index contributed by atoms with van der Waals surface area (Å²) in [5.41, 5.74) is 3.23. The van der Waals surface area contributed by atoms with Crippen molar-refractivity contribution in [3.05, 3.63) is 70.6 Å². The number of hydrogen-bond acceptors (Lipinski definition) is 6. The third-order valence-electron chi connectivity index (χ3n) is 6.96. The van der Waals surface area contributed by atoms with Gasteiger partial charge in [0.05, 0.1) is 12.0 Å². The maximum Gasteiger partial charge on any atom is 0.249 e. The van der Waals surface area contributed by atoms with Crippen molar-refractivity contribution in [1.29, 1.82) is 0 Å². The molecule has 2 aromatic carbocycles. The fraction of sp³-hybridized carbons (Fsp3) is 0.370. The molecule has 0 spiro atoms. The van der Waals surface area contributed by atoms with E-state index in [9.17, 15) is 4.79 Å². The maximum atomic E-state index is 11.8. The van der Waals surface area contributed by atoms with E-state index in [1.165, 1.54) is 38.0 Å². The van der Waals surface area contributed by atoms with Crippen LogP contribution in [0.25, 0.3) is 0 Å². The van der Waals surface area contributed by atoms with Gasteiger partial charge in [0, 0.05) is 62.4 Å². The fourth-order valence-corrected chi connectivity index (χ4v) is 7.92. The Morgan fingerprint density at radius 3 is 2.83 bits per heavy atom. The van der Waals surface area contributed by atoms with E-state index in [1.54, 1.807) is 12.3 Å². The third kappa shape index (κ3) is 4.96. The zero-order valence-electron chi connectivity index (χ0n) is 19.3. The zero-order chi connectivity index (χ0) is 23.8. The second-order valence-electron chi connectivity index (χ2n) is 9.31. The van der Waals surface area contributed by atoms with Gasteiger partial charge >= 0.3 is 0 Å². The first-order valence-corrected chi connectivity index (χ1v) is 14.3. The highest BCUT2D eigenvalue weighted by atomic mass is 35.5. The number of nitrogens with one attached hydrogen (secondary N) is 2. The number of aromatic nitrogens is 1. The molecular formula is C27H28ClN3O2S2. The predicted octanol–water partition coefficient (Wildman–Crippen LogP) is 6.53. The van der Waals surface area contributed by atoms with E-state index in [2.05, 4.69) is 51.6 Å². The number of ether oxygens (including phenoxy) is 1. The molecule has 3 aliphatic rings. The number of morpholine rings is 1. The lowest BCUT2D eigenvalue weighted by atomic mass is 9.95. The third-order valence-corrected chi connectivity index (χ3v) is 10.1. The van der Waals surface area contributed by atoms with Gasteiger partial charge in [0.25, 0.3) is 0 Å². The SMILES string of the molecule is O=c1cc(N2CCOC(c3cccc4c3Sc3ccc(NC5CCCCC5Cl)cc3S4)C2)cc[nH]1. The van der Waals surface area contributed by atoms with Gasteiger partial charge in [0.2, 0.25) is 5.56 Å². The van der Waals surface area contributed by atoms with Crippen molar-refractivity contribution >= 4 is 46.5 Å². The Morgan fingerprint density at radius 1 is 1.03 bits per heavy atom. The molecule has 3 aromatic rings. The fourth-order valence-electron chi connectivity index (χ4n) is 5.13. The zero-order valence-corrected chi connectivity index (χ0v) is 21.7. The van der Waals surface area contributed by atoms with Gasteiger partial charge in [-0.1, -0.05) is 48.5 Å². The van der Waals surface area contributed by atoms with Crippen molar-refractivity contribution in [3.8, 4) is 0 Å². The van der Waals surface area contributed by atoms with E-state index >= 15 is 0 Å². The number of alkyl halides is 1. The highest BCUT2D eigenvalue weighted by Crippen LogP contribution is 2.52. The Kier molecular flexibility index (Phi) is 6.76. The lowest BCUT2D eigenvalue weighted by Crippen LogP contribution is -2.39. The van der Waals surface area contributed by atoms with E-state index in [0.29, 0.717) is 12.6 Å². The van der Waals surface area contributed by atoms with Crippen molar-refractivity contribution in [2.75, 3.05) is 29.9 Å². The molecule has 2 fully saturated rings. The summed E-state index contributed by atoms with van der Waals surface area (Å²) in [4.78, 5) is 21.8. The Balaban J connectivity index is 1.22. The molecule has 3 unspecified atom stereocenters. The van der Waals surface area contributed by atoms with Crippen LogP contribution in [0, 0.1) is 0 Å². The van der Waals surface area contributed by atoms with Gasteiger partial charge in [-0.3, -0.25) is 4.79 Å². The van der Waals surface area contributed by atoms with Gasteiger partial charge in [-0.05, 0) is 48.7 Å². The van der Waals surface area contributed by atoms with Crippen LogP contribution in [0.3, 0.4) is 0 Å². The second-order valence-corrected chi connectivity index (χ2v) is 12.0. The van der Waals surface area contributed by atoms with E-state index in [4.69, 9.17) is 16.3 Å². The van der Waals surface area contributed by atoms with Gasteiger partial charge in [0.1, 0.15) is 6.10 Å². The molecule has 8 heteroatoms. The van der Waals surface area contributed by atoms with Crippen molar-refractivity contribution < 1.29 is 4.74 Å². The van der Waals surface area contributed by atoms with Crippen LogP contribution in [0.5, 0.6) is 0 Å². The lowest BCUT2D eigenvalue weighted by molar-refractivity contribution is 0.0379. The molecule has 2 N–H and O–H groups in total. The first-order chi connectivity index (χ1) is 17.1. The van der Waals surface area contributed by atoms with E-state index in [1.807, 2.05) is 29.6 Å². The van der Waals surface area contributed by atoms with Crippen molar-refractivity contribution in [1.82, 2.24) is 4.98 Å². The Hall–Kier alpha value is -2.06. The number of hydrogen-bond donors (Lipinski definition) is 2. The van der Waals surface area contributed by atoms with Crippen LogP contribution in [0.4, 0.5) is 11.4 Å². The Bertz CT molecular complexity index is 1280. The first-order valence-electron chi connectivity index (χ1n) is 12.2. The minimum absolute atomic E-state index is 0.0412. The van der Waals surface area contributed by atoms with E-state index in [-0.39, 0.29) is 17.0 Å². The Labute approximate surface area is 219 Å². The number of pyridine rings is 1. The van der Waals surface area contributed by atoms with Crippen molar-refractivity contribution in [2.24, 2.45) is 0 Å². The summed E-state index contributed by atoms with van der Waals surface area (Å²) < 4.78 is 6.24. The van der Waals surface area contributed by atoms with Crippen LogP contribution in [0.2, 0.25) is 0 Å². The normalized spacial score (nSPS) is 23.9. The number of nitrogens with zero attached hydrogens (tertiary/aromatic N) is 1.